The molecule has 2 aromatic carbocycles. The lowest BCUT2D eigenvalue weighted by Gasteiger charge is -2.10. The first kappa shape index (κ1) is 13.9. The van der Waals surface area contributed by atoms with Gasteiger partial charge < -0.3 is 15.8 Å². The number of nitrogens with one attached hydrogen (secondary N) is 1. The highest BCUT2D eigenvalue weighted by molar-refractivity contribution is 5.97. The molecule has 1 amide bonds. The maximum atomic E-state index is 12.1. The Hall–Kier alpha value is -2.49. The van der Waals surface area contributed by atoms with Crippen LogP contribution in [0.4, 0.5) is 5.69 Å². The number of hydrogen-bond acceptors (Lipinski definition) is 3. The van der Waals surface area contributed by atoms with Crippen molar-refractivity contribution in [2.24, 2.45) is 0 Å². The molecule has 0 heterocycles. The highest BCUT2D eigenvalue weighted by Gasteiger charge is 2.11. The smallest absolute Gasteiger partial charge is 0.255 e. The molecule has 0 radical (unpaired) electrons. The summed E-state index contributed by atoms with van der Waals surface area (Å²) in [5.74, 6) is 0.349. The second kappa shape index (κ2) is 6.61. The van der Waals surface area contributed by atoms with Gasteiger partial charge in [-0.25, -0.2) is 0 Å². The van der Waals surface area contributed by atoms with Gasteiger partial charge in [-0.15, -0.1) is 0 Å². The fourth-order valence-corrected chi connectivity index (χ4v) is 1.96. The lowest BCUT2D eigenvalue weighted by Crippen LogP contribution is -2.26. The van der Waals surface area contributed by atoms with E-state index in [1.807, 2.05) is 30.3 Å². The average molecular weight is 270 g/mol. The normalized spacial score (nSPS) is 10.1. The van der Waals surface area contributed by atoms with Crippen molar-refractivity contribution in [1.29, 1.82) is 0 Å². The Kier molecular flexibility index (Phi) is 4.60. The van der Waals surface area contributed by atoms with Crippen LogP contribution in [0.25, 0.3) is 0 Å². The van der Waals surface area contributed by atoms with Gasteiger partial charge in [-0.1, -0.05) is 30.3 Å². The van der Waals surface area contributed by atoms with Crippen molar-refractivity contribution in [2.45, 2.75) is 6.42 Å². The Balaban J connectivity index is 1.97. The SMILES string of the molecule is COc1ccc(N)cc1C(=O)NCCc1ccccc1. The zero-order valence-corrected chi connectivity index (χ0v) is 11.4. The van der Waals surface area contributed by atoms with Gasteiger partial charge in [0.15, 0.2) is 0 Å². The first-order valence-electron chi connectivity index (χ1n) is 6.46. The van der Waals surface area contributed by atoms with Crippen molar-refractivity contribution in [3.8, 4) is 5.75 Å². The van der Waals surface area contributed by atoms with Crippen molar-refractivity contribution < 1.29 is 9.53 Å². The van der Waals surface area contributed by atoms with Gasteiger partial charge in [-0.05, 0) is 30.2 Å². The Morgan fingerprint density at radius 1 is 1.20 bits per heavy atom. The monoisotopic (exact) mass is 270 g/mol. The van der Waals surface area contributed by atoms with E-state index in [1.165, 1.54) is 12.7 Å². The molecule has 0 saturated carbocycles. The van der Waals surface area contributed by atoms with E-state index in [0.717, 1.165) is 6.42 Å². The zero-order chi connectivity index (χ0) is 14.4. The minimum atomic E-state index is -0.176. The topological polar surface area (TPSA) is 64.3 Å². The van der Waals surface area contributed by atoms with Gasteiger partial charge in [0, 0.05) is 12.2 Å². The number of hydrogen-bond donors (Lipinski definition) is 2. The first-order chi connectivity index (χ1) is 9.70. The largest absolute Gasteiger partial charge is 0.496 e. The Morgan fingerprint density at radius 3 is 2.65 bits per heavy atom. The van der Waals surface area contributed by atoms with Gasteiger partial charge >= 0.3 is 0 Å². The summed E-state index contributed by atoms with van der Waals surface area (Å²) in [5, 5.41) is 2.87. The van der Waals surface area contributed by atoms with Crippen molar-refractivity contribution in [3.05, 3.63) is 59.7 Å². The van der Waals surface area contributed by atoms with E-state index >= 15 is 0 Å². The number of amides is 1. The van der Waals surface area contributed by atoms with E-state index in [2.05, 4.69) is 5.32 Å². The summed E-state index contributed by atoms with van der Waals surface area (Å²) < 4.78 is 5.17. The number of nitrogens with two attached hydrogens (primary N) is 1. The second-order valence-electron chi connectivity index (χ2n) is 4.45. The summed E-state index contributed by atoms with van der Waals surface area (Å²) >= 11 is 0. The number of rotatable bonds is 5. The molecule has 0 aliphatic rings. The van der Waals surface area contributed by atoms with E-state index in [4.69, 9.17) is 10.5 Å². The van der Waals surface area contributed by atoms with Gasteiger partial charge in [-0.3, -0.25) is 4.79 Å². The summed E-state index contributed by atoms with van der Waals surface area (Å²) in [6, 6.07) is 15.0. The molecule has 0 spiro atoms. The van der Waals surface area contributed by atoms with Gasteiger partial charge in [0.2, 0.25) is 0 Å². The first-order valence-corrected chi connectivity index (χ1v) is 6.46. The fourth-order valence-electron chi connectivity index (χ4n) is 1.96. The molecular weight excluding hydrogens is 252 g/mol. The number of benzene rings is 2. The highest BCUT2D eigenvalue weighted by Crippen LogP contribution is 2.20. The summed E-state index contributed by atoms with van der Waals surface area (Å²) in [5.41, 5.74) is 7.89. The number of methoxy groups -OCH3 is 1. The third-order valence-electron chi connectivity index (χ3n) is 3.01. The van der Waals surface area contributed by atoms with Crippen LogP contribution in [0.2, 0.25) is 0 Å². The molecule has 0 aliphatic heterocycles. The van der Waals surface area contributed by atoms with E-state index in [9.17, 15) is 4.79 Å². The predicted molar refractivity (Wildman–Crippen MR) is 79.9 cm³/mol. The molecule has 0 fully saturated rings. The molecule has 0 aliphatic carbocycles. The second-order valence-corrected chi connectivity index (χ2v) is 4.45. The molecule has 0 unspecified atom stereocenters. The number of nitrogen functional groups attached to an aromatic ring is 1. The van der Waals surface area contributed by atoms with Crippen LogP contribution in [0.5, 0.6) is 5.75 Å². The number of carbonyl (C=O) groups is 1. The van der Waals surface area contributed by atoms with Crippen LogP contribution in [0, 0.1) is 0 Å². The van der Waals surface area contributed by atoms with Crippen molar-refractivity contribution in [3.63, 3.8) is 0 Å². The lowest BCUT2D eigenvalue weighted by atomic mass is 10.1. The molecule has 2 rings (SSSR count). The Morgan fingerprint density at radius 2 is 1.95 bits per heavy atom. The van der Waals surface area contributed by atoms with E-state index in [0.29, 0.717) is 23.5 Å². The van der Waals surface area contributed by atoms with Crippen molar-refractivity contribution in [2.75, 3.05) is 19.4 Å². The minimum absolute atomic E-state index is 0.176. The molecule has 0 saturated heterocycles. The zero-order valence-electron chi connectivity index (χ0n) is 11.4. The van der Waals surface area contributed by atoms with Gasteiger partial charge in [-0.2, -0.15) is 0 Å². The van der Waals surface area contributed by atoms with Gasteiger partial charge in [0.1, 0.15) is 5.75 Å². The van der Waals surface area contributed by atoms with Crippen LogP contribution in [0.15, 0.2) is 48.5 Å². The average Bonchev–Trinajstić information content (AvgIpc) is 2.48. The van der Waals surface area contributed by atoms with E-state index in [1.54, 1.807) is 18.2 Å². The molecule has 20 heavy (non-hydrogen) atoms. The van der Waals surface area contributed by atoms with Crippen molar-refractivity contribution >= 4 is 11.6 Å². The molecular formula is C16H18N2O2. The van der Waals surface area contributed by atoms with Crippen molar-refractivity contribution in [1.82, 2.24) is 5.32 Å². The molecule has 2 aromatic rings. The fraction of sp³-hybridized carbons (Fsp3) is 0.188. The molecule has 0 atom stereocenters. The van der Waals surface area contributed by atoms with Crippen LogP contribution in [0.1, 0.15) is 15.9 Å². The number of carbonyl (C=O) groups excluding carboxylic acids is 1. The molecule has 0 bridgehead atoms. The summed E-state index contributed by atoms with van der Waals surface area (Å²) in [6.07, 6.45) is 0.789. The number of anilines is 1. The summed E-state index contributed by atoms with van der Waals surface area (Å²) in [6.45, 7) is 0.570. The lowest BCUT2D eigenvalue weighted by molar-refractivity contribution is 0.0951. The molecule has 104 valence electrons. The van der Waals surface area contributed by atoms with E-state index < -0.39 is 0 Å². The molecule has 3 N–H and O–H groups in total. The third-order valence-corrected chi connectivity index (χ3v) is 3.01. The quantitative estimate of drug-likeness (QED) is 0.819. The summed E-state index contributed by atoms with van der Waals surface area (Å²) in [4.78, 5) is 12.1. The predicted octanol–water partition coefficient (Wildman–Crippen LogP) is 2.25. The Bertz CT molecular complexity index is 582. The van der Waals surface area contributed by atoms with E-state index in [-0.39, 0.29) is 5.91 Å². The van der Waals surface area contributed by atoms with Crippen LogP contribution in [-0.2, 0) is 6.42 Å². The molecule has 4 nitrogen and oxygen atoms in total. The minimum Gasteiger partial charge on any atom is -0.496 e. The third kappa shape index (κ3) is 3.51. The highest BCUT2D eigenvalue weighted by atomic mass is 16.5. The standard InChI is InChI=1S/C16H18N2O2/c1-20-15-8-7-13(17)11-14(15)16(19)18-10-9-12-5-3-2-4-6-12/h2-8,11H,9-10,17H2,1H3,(H,18,19). The van der Waals surface area contributed by atoms with Gasteiger partial charge in [0.05, 0.1) is 12.7 Å². The van der Waals surface area contributed by atoms with Crippen LogP contribution >= 0.6 is 0 Å². The molecule has 0 aromatic heterocycles. The van der Waals surface area contributed by atoms with Gasteiger partial charge in [0.25, 0.3) is 5.91 Å². The summed E-state index contributed by atoms with van der Waals surface area (Å²) in [7, 11) is 1.53. The Labute approximate surface area is 118 Å². The van der Waals surface area contributed by atoms with Crippen LogP contribution in [-0.4, -0.2) is 19.6 Å². The van der Waals surface area contributed by atoms with Crippen LogP contribution < -0.4 is 15.8 Å². The number of ether oxygens (including phenoxy) is 1. The maximum absolute atomic E-state index is 12.1. The maximum Gasteiger partial charge on any atom is 0.255 e. The van der Waals surface area contributed by atoms with Crippen LogP contribution in [0.3, 0.4) is 0 Å². The molecule has 4 heteroatoms.